The molecule has 31 heavy (non-hydrogen) atoms. The minimum Gasteiger partial charge on any atom is -0.480 e. The lowest BCUT2D eigenvalue weighted by Gasteiger charge is -2.39. The Morgan fingerprint density at radius 3 is 2.74 bits per heavy atom. The molecule has 7 heteroatoms. The molecule has 0 saturated carbocycles. The van der Waals surface area contributed by atoms with Gasteiger partial charge in [0.25, 0.3) is 0 Å². The van der Waals surface area contributed by atoms with Gasteiger partial charge in [0.15, 0.2) is 5.78 Å². The van der Waals surface area contributed by atoms with Crippen molar-refractivity contribution in [2.24, 2.45) is 11.7 Å². The topological polar surface area (TPSA) is 98.9 Å². The van der Waals surface area contributed by atoms with Crippen molar-refractivity contribution in [2.75, 3.05) is 26.1 Å². The van der Waals surface area contributed by atoms with Crippen molar-refractivity contribution in [3.63, 3.8) is 0 Å². The molecule has 0 spiro atoms. The maximum atomic E-state index is 13.7. The van der Waals surface area contributed by atoms with E-state index in [2.05, 4.69) is 0 Å². The number of hydrogen-bond donors (Lipinski definition) is 2. The van der Waals surface area contributed by atoms with Gasteiger partial charge in [-0.25, -0.2) is 0 Å². The Hall–Kier alpha value is -1.93. The van der Waals surface area contributed by atoms with Crippen molar-refractivity contribution in [3.05, 3.63) is 60.2 Å². The third kappa shape index (κ3) is 5.66. The Kier molecular flexibility index (Phi) is 8.49. The third-order valence-electron chi connectivity index (χ3n) is 6.04. The molecule has 6 nitrogen and oxygen atoms in total. The van der Waals surface area contributed by atoms with Gasteiger partial charge in [0.1, 0.15) is 6.04 Å². The van der Waals surface area contributed by atoms with E-state index in [1.165, 1.54) is 11.8 Å². The van der Waals surface area contributed by atoms with Gasteiger partial charge in [-0.15, -0.1) is 0 Å². The molecule has 1 aromatic carbocycles. The lowest BCUT2D eigenvalue weighted by Crippen LogP contribution is -2.47. The Morgan fingerprint density at radius 1 is 1.32 bits per heavy atom. The molecule has 0 bridgehead atoms. The molecule has 1 aromatic rings. The number of carboxylic acid groups (broad SMARTS) is 1. The van der Waals surface area contributed by atoms with Crippen LogP contribution in [0.5, 0.6) is 0 Å². The van der Waals surface area contributed by atoms with Gasteiger partial charge in [-0.2, -0.15) is 11.8 Å². The number of ketones is 1. The molecule has 0 aromatic heterocycles. The molecule has 0 amide bonds. The summed E-state index contributed by atoms with van der Waals surface area (Å²) < 4.78 is 11.8. The van der Waals surface area contributed by atoms with Gasteiger partial charge in [0.2, 0.25) is 0 Å². The molecular weight excluding hydrogens is 414 g/mol. The van der Waals surface area contributed by atoms with Gasteiger partial charge in [-0.1, -0.05) is 54.6 Å². The Balaban J connectivity index is 1.87. The first-order chi connectivity index (χ1) is 15.0. The van der Waals surface area contributed by atoms with Gasteiger partial charge >= 0.3 is 5.97 Å². The SMILES string of the molecule is CSC(C[C@H](N)C(=O)O)C(=O)C1C=CC=CC1(COCC1CCCO1)c1ccccc1. The van der Waals surface area contributed by atoms with Crippen LogP contribution < -0.4 is 5.73 Å². The number of aliphatic carboxylic acids is 1. The van der Waals surface area contributed by atoms with Gasteiger partial charge in [0, 0.05) is 6.61 Å². The number of rotatable bonds is 11. The molecule has 1 aliphatic heterocycles. The largest absolute Gasteiger partial charge is 0.480 e. The fraction of sp³-hybridized carbons (Fsp3) is 0.500. The van der Waals surface area contributed by atoms with E-state index in [0.29, 0.717) is 13.2 Å². The highest BCUT2D eigenvalue weighted by molar-refractivity contribution is 7.99. The van der Waals surface area contributed by atoms with E-state index < -0.39 is 28.6 Å². The molecule has 168 valence electrons. The molecule has 3 N–H and O–H groups in total. The fourth-order valence-electron chi connectivity index (χ4n) is 4.27. The summed E-state index contributed by atoms with van der Waals surface area (Å²) in [4.78, 5) is 24.9. The smallest absolute Gasteiger partial charge is 0.320 e. The number of Topliss-reactive ketones (excluding diaryl/α,β-unsaturated/α-hetero) is 1. The van der Waals surface area contributed by atoms with E-state index in [-0.39, 0.29) is 18.3 Å². The number of benzene rings is 1. The average Bonchev–Trinajstić information content (AvgIpc) is 3.31. The second kappa shape index (κ2) is 11.1. The number of carboxylic acids is 1. The van der Waals surface area contributed by atoms with Crippen LogP contribution in [0, 0.1) is 5.92 Å². The first-order valence-electron chi connectivity index (χ1n) is 10.6. The fourth-order valence-corrected chi connectivity index (χ4v) is 5.05. The lowest BCUT2D eigenvalue weighted by molar-refractivity contribution is -0.138. The van der Waals surface area contributed by atoms with Gasteiger partial charge < -0.3 is 20.3 Å². The van der Waals surface area contributed by atoms with Crippen LogP contribution in [-0.2, 0) is 24.5 Å². The highest BCUT2D eigenvalue weighted by Gasteiger charge is 2.44. The van der Waals surface area contributed by atoms with Gasteiger partial charge in [-0.05, 0) is 31.1 Å². The molecular formula is C24H31NO5S. The van der Waals surface area contributed by atoms with Crippen LogP contribution in [0.4, 0.5) is 0 Å². The predicted octanol–water partition coefficient (Wildman–Crippen LogP) is 2.96. The summed E-state index contributed by atoms with van der Waals surface area (Å²) in [5, 5.41) is 8.70. The number of ether oxygens (including phenoxy) is 2. The monoisotopic (exact) mass is 445 g/mol. The zero-order chi connectivity index (χ0) is 22.3. The number of nitrogens with two attached hydrogens (primary N) is 1. The first-order valence-corrected chi connectivity index (χ1v) is 11.9. The number of allylic oxidation sites excluding steroid dienone is 3. The highest BCUT2D eigenvalue weighted by Crippen LogP contribution is 2.40. The van der Waals surface area contributed by atoms with Crippen LogP contribution in [0.3, 0.4) is 0 Å². The van der Waals surface area contributed by atoms with Gasteiger partial charge in [-0.3, -0.25) is 9.59 Å². The lowest BCUT2D eigenvalue weighted by atomic mass is 9.66. The van der Waals surface area contributed by atoms with Crippen molar-refractivity contribution in [1.82, 2.24) is 0 Å². The predicted molar refractivity (Wildman–Crippen MR) is 122 cm³/mol. The Morgan fingerprint density at radius 2 is 2.10 bits per heavy atom. The second-order valence-corrected chi connectivity index (χ2v) is 9.13. The van der Waals surface area contributed by atoms with Crippen molar-refractivity contribution in [2.45, 2.75) is 42.1 Å². The van der Waals surface area contributed by atoms with Crippen LogP contribution in [0.2, 0.25) is 0 Å². The zero-order valence-electron chi connectivity index (χ0n) is 17.8. The minimum absolute atomic E-state index is 0.0330. The molecule has 0 radical (unpaired) electrons. The Bertz CT molecular complexity index is 805. The summed E-state index contributed by atoms with van der Waals surface area (Å²) in [6, 6.07) is 8.80. The molecule has 4 unspecified atom stereocenters. The van der Waals surface area contributed by atoms with E-state index in [9.17, 15) is 14.7 Å². The summed E-state index contributed by atoms with van der Waals surface area (Å²) in [6.45, 7) is 1.59. The third-order valence-corrected chi connectivity index (χ3v) is 7.03. The summed E-state index contributed by atoms with van der Waals surface area (Å²) in [5.41, 5.74) is 6.07. The molecule has 1 aliphatic carbocycles. The molecule has 1 fully saturated rings. The van der Waals surface area contributed by atoms with Crippen LogP contribution in [0.25, 0.3) is 0 Å². The number of hydrogen-bond acceptors (Lipinski definition) is 6. The molecule has 5 atom stereocenters. The van der Waals surface area contributed by atoms with E-state index in [0.717, 1.165) is 25.0 Å². The molecule has 1 saturated heterocycles. The van der Waals surface area contributed by atoms with Crippen molar-refractivity contribution in [1.29, 1.82) is 0 Å². The van der Waals surface area contributed by atoms with Crippen molar-refractivity contribution < 1.29 is 24.2 Å². The van der Waals surface area contributed by atoms with E-state index in [1.54, 1.807) is 0 Å². The standard InChI is InChI=1S/C24H31NO5S/c1-31-21(14-20(25)23(27)28)22(26)19-11-5-6-12-24(19,17-8-3-2-4-9-17)16-29-15-18-10-7-13-30-18/h2-6,8-9,11-12,18-21H,7,10,13-16,25H2,1H3,(H,27,28)/t18?,19?,20-,21?,24?/m0/s1. The van der Waals surface area contributed by atoms with Crippen LogP contribution in [-0.4, -0.2) is 60.3 Å². The van der Waals surface area contributed by atoms with E-state index in [1.807, 2.05) is 60.9 Å². The maximum absolute atomic E-state index is 13.7. The zero-order valence-corrected chi connectivity index (χ0v) is 18.6. The normalized spacial score (nSPS) is 27.2. The Labute approximate surface area is 187 Å². The second-order valence-electron chi connectivity index (χ2n) is 8.09. The first kappa shape index (κ1) is 23.7. The number of thioether (sulfide) groups is 1. The van der Waals surface area contributed by atoms with Gasteiger partial charge in [0.05, 0.1) is 35.9 Å². The van der Waals surface area contributed by atoms with Crippen molar-refractivity contribution >= 4 is 23.5 Å². The highest BCUT2D eigenvalue weighted by atomic mass is 32.2. The van der Waals surface area contributed by atoms with Crippen LogP contribution >= 0.6 is 11.8 Å². The van der Waals surface area contributed by atoms with E-state index in [4.69, 9.17) is 15.2 Å². The molecule has 2 aliphatic rings. The molecule has 3 rings (SSSR count). The number of carbonyl (C=O) groups excluding carboxylic acids is 1. The summed E-state index contributed by atoms with van der Waals surface area (Å²) in [6.07, 6.45) is 11.8. The quantitative estimate of drug-likeness (QED) is 0.540. The van der Waals surface area contributed by atoms with Crippen LogP contribution in [0.15, 0.2) is 54.6 Å². The minimum atomic E-state index is -1.10. The summed E-state index contributed by atoms with van der Waals surface area (Å²) in [5.74, 6) is -1.61. The van der Waals surface area contributed by atoms with E-state index >= 15 is 0 Å². The average molecular weight is 446 g/mol. The summed E-state index contributed by atoms with van der Waals surface area (Å²) in [7, 11) is 0. The summed E-state index contributed by atoms with van der Waals surface area (Å²) >= 11 is 1.35. The van der Waals surface area contributed by atoms with Crippen LogP contribution in [0.1, 0.15) is 24.8 Å². The molecule has 1 heterocycles. The number of carbonyl (C=O) groups is 2. The van der Waals surface area contributed by atoms with Crippen molar-refractivity contribution in [3.8, 4) is 0 Å². The maximum Gasteiger partial charge on any atom is 0.320 e.